The van der Waals surface area contributed by atoms with Crippen molar-refractivity contribution in [2.24, 2.45) is 0 Å². The molecule has 1 N–H and O–H groups in total. The molecule has 0 bridgehead atoms. The Morgan fingerprint density at radius 2 is 1.94 bits per heavy atom. The van der Waals surface area contributed by atoms with Crippen molar-refractivity contribution in [3.8, 4) is 0 Å². The van der Waals surface area contributed by atoms with Gasteiger partial charge in [0.05, 0.1) is 0 Å². The van der Waals surface area contributed by atoms with Crippen molar-refractivity contribution in [2.75, 3.05) is 13.1 Å². The molecule has 0 amide bonds. The molecule has 0 spiro atoms. The SMILES string of the molecule is CCCCN(CCCC)Sc1cc(=S)[nH]nn1. The van der Waals surface area contributed by atoms with Crippen molar-refractivity contribution in [3.63, 3.8) is 0 Å². The Bertz CT molecular complexity index is 358. The standard InChI is InChI=1S/C11H20N4S2/c1-3-5-7-15(8-6-4-2)17-11-9-10(16)12-14-13-11/h9H,3-8H2,1-2H3,(H,12,13,16). The Balaban J connectivity index is 2.54. The van der Waals surface area contributed by atoms with E-state index in [1.807, 2.05) is 6.07 Å². The zero-order chi connectivity index (χ0) is 12.5. The van der Waals surface area contributed by atoms with Gasteiger partial charge in [-0.25, -0.2) is 9.40 Å². The Hall–Kier alpha value is -0.460. The minimum absolute atomic E-state index is 0.633. The molecule has 0 saturated heterocycles. The van der Waals surface area contributed by atoms with Gasteiger partial charge in [0.25, 0.3) is 0 Å². The minimum atomic E-state index is 0.633. The van der Waals surface area contributed by atoms with Crippen LogP contribution in [-0.4, -0.2) is 32.8 Å². The molecule has 96 valence electrons. The molecule has 0 aromatic carbocycles. The predicted molar refractivity (Wildman–Crippen MR) is 74.5 cm³/mol. The van der Waals surface area contributed by atoms with E-state index in [4.69, 9.17) is 12.2 Å². The van der Waals surface area contributed by atoms with Gasteiger partial charge in [-0.1, -0.05) is 44.1 Å². The molecule has 0 unspecified atom stereocenters. The van der Waals surface area contributed by atoms with Gasteiger partial charge in [0.15, 0.2) is 0 Å². The zero-order valence-electron chi connectivity index (χ0n) is 10.5. The highest BCUT2D eigenvalue weighted by Crippen LogP contribution is 2.20. The van der Waals surface area contributed by atoms with Crippen LogP contribution < -0.4 is 0 Å². The van der Waals surface area contributed by atoms with Gasteiger partial charge >= 0.3 is 0 Å². The van der Waals surface area contributed by atoms with E-state index < -0.39 is 0 Å². The van der Waals surface area contributed by atoms with Crippen LogP contribution in [0.15, 0.2) is 11.1 Å². The molecule has 1 aromatic heterocycles. The summed E-state index contributed by atoms with van der Waals surface area (Å²) < 4.78 is 2.99. The minimum Gasteiger partial charge on any atom is -0.249 e. The normalized spacial score (nSPS) is 11.0. The molecule has 0 fully saturated rings. The molecule has 0 aliphatic heterocycles. The first-order chi connectivity index (χ1) is 8.26. The average Bonchev–Trinajstić information content (AvgIpc) is 2.32. The lowest BCUT2D eigenvalue weighted by atomic mass is 10.3. The number of aromatic amines is 1. The highest BCUT2D eigenvalue weighted by molar-refractivity contribution is 7.97. The van der Waals surface area contributed by atoms with E-state index in [0.717, 1.165) is 18.1 Å². The largest absolute Gasteiger partial charge is 0.249 e. The Morgan fingerprint density at radius 3 is 2.47 bits per heavy atom. The lowest BCUT2D eigenvalue weighted by molar-refractivity contribution is 0.443. The van der Waals surface area contributed by atoms with Crippen molar-refractivity contribution >= 4 is 24.2 Å². The van der Waals surface area contributed by atoms with E-state index in [1.54, 1.807) is 11.9 Å². The number of unbranched alkanes of at least 4 members (excludes halogenated alkanes) is 2. The number of H-pyrrole nitrogens is 1. The van der Waals surface area contributed by atoms with Crippen molar-refractivity contribution in [1.29, 1.82) is 0 Å². The van der Waals surface area contributed by atoms with Gasteiger partial charge in [-0.3, -0.25) is 0 Å². The predicted octanol–water partition coefficient (Wildman–Crippen LogP) is 3.44. The van der Waals surface area contributed by atoms with Crippen LogP contribution in [0.4, 0.5) is 0 Å². The van der Waals surface area contributed by atoms with Gasteiger partial charge in [-0.2, -0.15) is 0 Å². The Morgan fingerprint density at radius 1 is 1.29 bits per heavy atom. The maximum Gasteiger partial charge on any atom is 0.139 e. The molecule has 17 heavy (non-hydrogen) atoms. The monoisotopic (exact) mass is 272 g/mol. The molecule has 1 rings (SSSR count). The number of rotatable bonds is 8. The molecule has 0 radical (unpaired) electrons. The van der Waals surface area contributed by atoms with E-state index in [1.165, 1.54) is 25.7 Å². The summed E-state index contributed by atoms with van der Waals surface area (Å²) in [5, 5.41) is 11.3. The fraction of sp³-hybridized carbons (Fsp3) is 0.727. The van der Waals surface area contributed by atoms with Crippen LogP contribution in [0.5, 0.6) is 0 Å². The van der Waals surface area contributed by atoms with Gasteiger partial charge in [-0.05, 0) is 24.8 Å². The van der Waals surface area contributed by atoms with Gasteiger partial charge in [-0.15, -0.1) is 5.10 Å². The van der Waals surface area contributed by atoms with Crippen LogP contribution in [0, 0.1) is 4.64 Å². The summed E-state index contributed by atoms with van der Waals surface area (Å²) in [5.41, 5.74) is 0. The fourth-order valence-corrected chi connectivity index (χ4v) is 2.53. The second-order valence-electron chi connectivity index (χ2n) is 3.89. The molecule has 0 atom stereocenters. The highest BCUT2D eigenvalue weighted by Gasteiger charge is 2.07. The number of nitrogens with zero attached hydrogens (tertiary/aromatic N) is 3. The summed E-state index contributed by atoms with van der Waals surface area (Å²) in [6.07, 6.45) is 4.85. The van der Waals surface area contributed by atoms with Gasteiger partial charge < -0.3 is 0 Å². The molecule has 0 aliphatic rings. The summed E-state index contributed by atoms with van der Waals surface area (Å²) in [6.45, 7) is 6.60. The number of aromatic nitrogens is 3. The summed E-state index contributed by atoms with van der Waals surface area (Å²) in [7, 11) is 0. The third-order valence-electron chi connectivity index (χ3n) is 2.31. The summed E-state index contributed by atoms with van der Waals surface area (Å²) in [6, 6.07) is 1.86. The Kier molecular flexibility index (Phi) is 7.39. The lowest BCUT2D eigenvalue weighted by Gasteiger charge is -2.19. The molecular weight excluding hydrogens is 252 g/mol. The van der Waals surface area contributed by atoms with Crippen LogP contribution in [-0.2, 0) is 0 Å². The highest BCUT2D eigenvalue weighted by atomic mass is 32.2. The number of hydrogen-bond donors (Lipinski definition) is 1. The van der Waals surface area contributed by atoms with Crippen molar-refractivity contribution in [3.05, 3.63) is 10.7 Å². The summed E-state index contributed by atoms with van der Waals surface area (Å²) in [5.74, 6) is 0. The van der Waals surface area contributed by atoms with Crippen LogP contribution >= 0.6 is 24.2 Å². The number of hydrogen-bond acceptors (Lipinski definition) is 5. The first-order valence-corrected chi connectivity index (χ1v) is 7.29. The van der Waals surface area contributed by atoms with E-state index in [2.05, 4.69) is 33.6 Å². The van der Waals surface area contributed by atoms with Crippen molar-refractivity contribution in [2.45, 2.75) is 44.6 Å². The van der Waals surface area contributed by atoms with E-state index in [-0.39, 0.29) is 0 Å². The van der Waals surface area contributed by atoms with Crippen LogP contribution in [0.3, 0.4) is 0 Å². The van der Waals surface area contributed by atoms with Gasteiger partial charge in [0.1, 0.15) is 9.67 Å². The third-order valence-corrected chi connectivity index (χ3v) is 3.53. The first kappa shape index (κ1) is 14.6. The molecule has 4 nitrogen and oxygen atoms in total. The quantitative estimate of drug-likeness (QED) is 0.580. The Labute approximate surface area is 112 Å². The van der Waals surface area contributed by atoms with Gasteiger partial charge in [0, 0.05) is 19.2 Å². The summed E-state index contributed by atoms with van der Waals surface area (Å²) >= 11 is 6.69. The molecular formula is C11H20N4S2. The molecule has 1 aromatic rings. The molecule has 1 heterocycles. The average molecular weight is 272 g/mol. The first-order valence-electron chi connectivity index (χ1n) is 6.11. The fourth-order valence-electron chi connectivity index (χ4n) is 1.35. The van der Waals surface area contributed by atoms with Crippen LogP contribution in [0.25, 0.3) is 0 Å². The maximum atomic E-state index is 5.04. The zero-order valence-corrected chi connectivity index (χ0v) is 12.1. The molecule has 0 aliphatic carbocycles. The maximum absolute atomic E-state index is 5.04. The van der Waals surface area contributed by atoms with Crippen LogP contribution in [0.1, 0.15) is 39.5 Å². The van der Waals surface area contributed by atoms with Crippen LogP contribution in [0.2, 0.25) is 0 Å². The van der Waals surface area contributed by atoms with E-state index in [0.29, 0.717) is 4.64 Å². The van der Waals surface area contributed by atoms with Crippen molar-refractivity contribution in [1.82, 2.24) is 19.7 Å². The lowest BCUT2D eigenvalue weighted by Crippen LogP contribution is -2.18. The molecule has 0 saturated carbocycles. The second kappa shape index (κ2) is 8.60. The van der Waals surface area contributed by atoms with Gasteiger partial charge in [0.2, 0.25) is 0 Å². The number of nitrogens with one attached hydrogen (secondary N) is 1. The van der Waals surface area contributed by atoms with E-state index in [9.17, 15) is 0 Å². The molecule has 6 heteroatoms. The second-order valence-corrected chi connectivity index (χ2v) is 5.44. The topological polar surface area (TPSA) is 44.8 Å². The van der Waals surface area contributed by atoms with Crippen molar-refractivity contribution < 1.29 is 0 Å². The summed E-state index contributed by atoms with van der Waals surface area (Å²) in [4.78, 5) is 0. The van der Waals surface area contributed by atoms with E-state index >= 15 is 0 Å². The third kappa shape index (κ3) is 6.14. The smallest absolute Gasteiger partial charge is 0.139 e.